The lowest BCUT2D eigenvalue weighted by molar-refractivity contribution is -0.384. The van der Waals surface area contributed by atoms with Gasteiger partial charge in [0.2, 0.25) is 5.82 Å². The molecule has 116 valence electrons. The number of rotatable bonds is 7. The van der Waals surface area contributed by atoms with Gasteiger partial charge in [-0.05, 0) is 37.9 Å². The highest BCUT2D eigenvalue weighted by atomic mass is 16.6. The van der Waals surface area contributed by atoms with Crippen molar-refractivity contribution in [1.82, 2.24) is 9.88 Å². The van der Waals surface area contributed by atoms with Gasteiger partial charge >= 0.3 is 5.69 Å². The zero-order valence-electron chi connectivity index (χ0n) is 12.2. The minimum atomic E-state index is -0.444. The van der Waals surface area contributed by atoms with E-state index in [9.17, 15) is 10.1 Å². The van der Waals surface area contributed by atoms with E-state index < -0.39 is 4.92 Å². The molecule has 1 atom stereocenters. The molecule has 21 heavy (non-hydrogen) atoms. The number of hydrazine groups is 1. The first-order valence-corrected chi connectivity index (χ1v) is 7.18. The molecular weight excluding hydrogens is 272 g/mol. The van der Waals surface area contributed by atoms with Crippen molar-refractivity contribution >= 4 is 17.3 Å². The highest BCUT2D eigenvalue weighted by Gasteiger charge is 2.18. The lowest BCUT2D eigenvalue weighted by Gasteiger charge is -2.20. The Bertz CT molecular complexity index is 490. The molecule has 2 rings (SSSR count). The number of pyridine rings is 1. The fourth-order valence-electron chi connectivity index (χ4n) is 2.55. The average Bonchev–Trinajstić information content (AvgIpc) is 2.97. The zero-order valence-corrected chi connectivity index (χ0v) is 12.2. The second kappa shape index (κ2) is 7.19. The van der Waals surface area contributed by atoms with E-state index in [0.717, 1.165) is 19.6 Å². The molecule has 8 nitrogen and oxygen atoms in total. The molecule has 0 radical (unpaired) electrons. The highest BCUT2D eigenvalue weighted by molar-refractivity contribution is 5.59. The Balaban J connectivity index is 1.95. The van der Waals surface area contributed by atoms with Gasteiger partial charge in [-0.15, -0.1) is 0 Å². The Kier molecular flexibility index (Phi) is 5.29. The van der Waals surface area contributed by atoms with Gasteiger partial charge in [-0.3, -0.25) is 10.1 Å². The normalized spacial score (nSPS) is 16.7. The first-order valence-electron chi connectivity index (χ1n) is 7.18. The largest absolute Gasteiger partial charge is 0.364 e. The van der Waals surface area contributed by atoms with Crippen LogP contribution in [0.5, 0.6) is 0 Å². The van der Waals surface area contributed by atoms with Crippen LogP contribution in [0.2, 0.25) is 0 Å². The predicted molar refractivity (Wildman–Crippen MR) is 82.0 cm³/mol. The van der Waals surface area contributed by atoms with Gasteiger partial charge in [-0.1, -0.05) is 6.92 Å². The Morgan fingerprint density at radius 1 is 1.48 bits per heavy atom. The third-order valence-corrected chi connectivity index (χ3v) is 3.61. The fraction of sp³-hybridized carbons (Fsp3) is 0.615. The quantitative estimate of drug-likeness (QED) is 0.396. The number of nitrogens with one attached hydrogen (secondary N) is 2. The van der Waals surface area contributed by atoms with Crippen LogP contribution in [0.25, 0.3) is 0 Å². The van der Waals surface area contributed by atoms with E-state index in [1.807, 2.05) is 0 Å². The fourth-order valence-corrected chi connectivity index (χ4v) is 2.55. The van der Waals surface area contributed by atoms with Gasteiger partial charge < -0.3 is 15.6 Å². The Labute approximate surface area is 123 Å². The summed E-state index contributed by atoms with van der Waals surface area (Å²) in [7, 11) is 0. The summed E-state index contributed by atoms with van der Waals surface area (Å²) in [6.45, 7) is 6.06. The molecule has 8 heteroatoms. The first-order chi connectivity index (χ1) is 10.1. The van der Waals surface area contributed by atoms with Crippen LogP contribution >= 0.6 is 0 Å². The molecule has 1 aliphatic heterocycles. The summed E-state index contributed by atoms with van der Waals surface area (Å²) >= 11 is 0. The molecule has 1 aromatic rings. The Morgan fingerprint density at radius 3 is 2.81 bits per heavy atom. The number of likely N-dealkylation sites (tertiary alicyclic amines) is 1. The summed E-state index contributed by atoms with van der Waals surface area (Å²) in [6, 6.07) is 2.88. The van der Waals surface area contributed by atoms with Crippen molar-refractivity contribution in [3.63, 3.8) is 0 Å². The number of nitrogens with zero attached hydrogens (tertiary/aromatic N) is 3. The van der Waals surface area contributed by atoms with Crippen molar-refractivity contribution < 1.29 is 4.92 Å². The van der Waals surface area contributed by atoms with Crippen LogP contribution in [0.3, 0.4) is 0 Å². The minimum absolute atomic E-state index is 0.0395. The predicted octanol–water partition coefficient (Wildman–Crippen LogP) is 1.42. The number of anilines is 2. The van der Waals surface area contributed by atoms with Crippen LogP contribution in [0.4, 0.5) is 17.3 Å². The first kappa shape index (κ1) is 15.5. The maximum atomic E-state index is 11.0. The summed E-state index contributed by atoms with van der Waals surface area (Å²) in [6.07, 6.45) is 2.52. The van der Waals surface area contributed by atoms with Crippen LogP contribution in [0.1, 0.15) is 19.8 Å². The molecular formula is C13H22N6O2. The maximum absolute atomic E-state index is 11.0. The summed E-state index contributed by atoms with van der Waals surface area (Å²) in [5.74, 6) is 6.33. The van der Waals surface area contributed by atoms with E-state index in [2.05, 4.69) is 27.6 Å². The topological polar surface area (TPSA) is 109 Å². The second-order valence-electron chi connectivity index (χ2n) is 5.46. The standard InChI is InChI=1S/C13H22N6O2/c1-10(9-18-6-2-3-7-18)8-15-13-11(19(20)21)4-5-12(16-13)17-14/h4-5,10H,2-3,6-9,14H2,1H3,(H2,15,16,17). The van der Waals surface area contributed by atoms with Crippen molar-refractivity contribution in [2.45, 2.75) is 19.8 Å². The van der Waals surface area contributed by atoms with Gasteiger partial charge in [-0.25, -0.2) is 10.8 Å². The van der Waals surface area contributed by atoms with Crippen molar-refractivity contribution in [3.8, 4) is 0 Å². The molecule has 0 saturated carbocycles. The van der Waals surface area contributed by atoms with Gasteiger partial charge in [-0.2, -0.15) is 0 Å². The molecule has 1 fully saturated rings. The second-order valence-corrected chi connectivity index (χ2v) is 5.46. The van der Waals surface area contributed by atoms with Crippen LogP contribution < -0.4 is 16.6 Å². The van der Waals surface area contributed by atoms with Crippen molar-refractivity contribution in [1.29, 1.82) is 0 Å². The smallest absolute Gasteiger partial charge is 0.311 e. The molecule has 1 aliphatic rings. The molecule has 1 unspecified atom stereocenters. The Morgan fingerprint density at radius 2 is 2.19 bits per heavy atom. The third kappa shape index (κ3) is 4.27. The number of hydrogen-bond acceptors (Lipinski definition) is 7. The summed E-state index contributed by atoms with van der Waals surface area (Å²) in [5, 5.41) is 14.1. The van der Waals surface area contributed by atoms with Gasteiger partial charge in [0.15, 0.2) is 0 Å². The van der Waals surface area contributed by atoms with Crippen molar-refractivity contribution in [3.05, 3.63) is 22.2 Å². The van der Waals surface area contributed by atoms with Crippen molar-refractivity contribution in [2.24, 2.45) is 11.8 Å². The molecule has 1 saturated heterocycles. The molecule has 0 spiro atoms. The van der Waals surface area contributed by atoms with Gasteiger partial charge in [0, 0.05) is 19.2 Å². The van der Waals surface area contributed by atoms with E-state index in [0.29, 0.717) is 18.3 Å². The molecule has 4 N–H and O–H groups in total. The summed E-state index contributed by atoms with van der Waals surface area (Å²) in [5.41, 5.74) is 2.36. The van der Waals surface area contributed by atoms with E-state index in [1.54, 1.807) is 0 Å². The summed E-state index contributed by atoms with van der Waals surface area (Å²) in [4.78, 5) is 17.1. The minimum Gasteiger partial charge on any atom is -0.364 e. The third-order valence-electron chi connectivity index (χ3n) is 3.61. The molecule has 0 aromatic carbocycles. The number of hydrogen-bond donors (Lipinski definition) is 3. The van der Waals surface area contributed by atoms with Crippen LogP contribution in [0, 0.1) is 16.0 Å². The van der Waals surface area contributed by atoms with E-state index in [-0.39, 0.29) is 11.5 Å². The number of nitro groups is 1. The number of nitrogens with two attached hydrogens (primary N) is 1. The molecule has 1 aromatic heterocycles. The molecule has 0 aliphatic carbocycles. The number of nitrogen functional groups attached to an aromatic ring is 1. The van der Waals surface area contributed by atoms with Gasteiger partial charge in [0.25, 0.3) is 0 Å². The highest BCUT2D eigenvalue weighted by Crippen LogP contribution is 2.24. The molecule has 0 amide bonds. The average molecular weight is 294 g/mol. The van der Waals surface area contributed by atoms with Crippen LogP contribution in [-0.2, 0) is 0 Å². The lowest BCUT2D eigenvalue weighted by Crippen LogP contribution is -2.29. The Hall–Kier alpha value is -1.93. The van der Waals surface area contributed by atoms with E-state index in [1.165, 1.54) is 25.0 Å². The van der Waals surface area contributed by atoms with Crippen LogP contribution in [0.15, 0.2) is 12.1 Å². The zero-order chi connectivity index (χ0) is 15.2. The van der Waals surface area contributed by atoms with Gasteiger partial charge in [0.05, 0.1) is 4.92 Å². The molecule has 0 bridgehead atoms. The van der Waals surface area contributed by atoms with Crippen LogP contribution in [-0.4, -0.2) is 41.0 Å². The van der Waals surface area contributed by atoms with E-state index in [4.69, 9.17) is 5.84 Å². The number of aromatic nitrogens is 1. The van der Waals surface area contributed by atoms with Crippen molar-refractivity contribution in [2.75, 3.05) is 36.9 Å². The monoisotopic (exact) mass is 294 g/mol. The maximum Gasteiger partial charge on any atom is 0.311 e. The SMILES string of the molecule is CC(CNc1nc(NN)ccc1[N+](=O)[O-])CN1CCCC1. The van der Waals surface area contributed by atoms with E-state index >= 15 is 0 Å². The lowest BCUT2D eigenvalue weighted by atomic mass is 10.1. The van der Waals surface area contributed by atoms with Gasteiger partial charge in [0.1, 0.15) is 5.82 Å². The molecule has 2 heterocycles. The summed E-state index contributed by atoms with van der Waals surface area (Å²) < 4.78 is 0.